The zero-order valence-corrected chi connectivity index (χ0v) is 14.1. The number of hydrogen-bond acceptors (Lipinski definition) is 8. The van der Waals surface area contributed by atoms with Gasteiger partial charge in [0.25, 0.3) is 0 Å². The van der Waals surface area contributed by atoms with Crippen molar-refractivity contribution >= 4 is 29.7 Å². The number of nitrogens with two attached hydrogens (primary N) is 1. The number of carbonyl (C=O) groups excluding carboxylic acids is 1. The van der Waals surface area contributed by atoms with Crippen LogP contribution in [-0.2, 0) is 4.74 Å². The van der Waals surface area contributed by atoms with Gasteiger partial charge in [-0.3, -0.25) is 0 Å². The molecule has 0 aliphatic rings. The Morgan fingerprint density at radius 1 is 1.48 bits per heavy atom. The van der Waals surface area contributed by atoms with E-state index in [0.717, 1.165) is 0 Å². The van der Waals surface area contributed by atoms with Crippen LogP contribution in [0.15, 0.2) is 18.2 Å². The average Bonchev–Trinajstić information content (AvgIpc) is 2.92. The van der Waals surface area contributed by atoms with Gasteiger partial charge >= 0.3 is 5.97 Å². The number of thiazole rings is 1. The maximum absolute atomic E-state index is 11.7. The van der Waals surface area contributed by atoms with Crippen LogP contribution >= 0.6 is 23.7 Å². The summed E-state index contributed by atoms with van der Waals surface area (Å²) in [6.45, 7) is 3.79. The predicted molar refractivity (Wildman–Crippen MR) is 87.8 cm³/mol. The minimum atomic E-state index is -0.395. The molecule has 1 heterocycles. The Hall–Kier alpha value is -2.18. The molecule has 23 heavy (non-hydrogen) atoms. The van der Waals surface area contributed by atoms with E-state index in [9.17, 15) is 9.90 Å². The molecule has 2 rings (SSSR count). The summed E-state index contributed by atoms with van der Waals surface area (Å²) in [6, 6.07) is 6.54. The number of nitriles is 1. The van der Waals surface area contributed by atoms with Crippen molar-refractivity contribution in [2.24, 2.45) is 5.90 Å². The first-order valence-electron chi connectivity index (χ1n) is 6.20. The van der Waals surface area contributed by atoms with Crippen LogP contribution in [0.25, 0.3) is 10.6 Å². The number of rotatable bonds is 3. The largest absolute Gasteiger partial charge is 0.507 e. The number of nitrogens with zero attached hydrogens (tertiary/aromatic N) is 2. The molecule has 0 fully saturated rings. The third-order valence-electron chi connectivity index (χ3n) is 2.62. The fraction of sp³-hybridized carbons (Fsp3) is 0.214. The van der Waals surface area contributed by atoms with Crippen LogP contribution in [0.1, 0.15) is 27.9 Å². The van der Waals surface area contributed by atoms with Crippen LogP contribution in [0.4, 0.5) is 0 Å². The lowest BCUT2D eigenvalue weighted by molar-refractivity contribution is 0.0531. The van der Waals surface area contributed by atoms with Gasteiger partial charge in [-0.1, -0.05) is 0 Å². The van der Waals surface area contributed by atoms with Crippen LogP contribution < -0.4 is 5.90 Å². The maximum Gasteiger partial charge on any atom is 0.350 e. The molecule has 0 aliphatic carbocycles. The van der Waals surface area contributed by atoms with E-state index in [4.69, 9.17) is 15.2 Å². The fourth-order valence-electron chi connectivity index (χ4n) is 1.66. The fourth-order valence-corrected chi connectivity index (χ4v) is 2.62. The number of phenols is 1. The first kappa shape index (κ1) is 20.8. The van der Waals surface area contributed by atoms with E-state index in [2.05, 4.69) is 10.9 Å². The number of aryl methyl sites for hydroxylation is 1. The molecular weight excluding hydrogens is 342 g/mol. The van der Waals surface area contributed by atoms with Crippen molar-refractivity contribution in [3.63, 3.8) is 0 Å². The summed E-state index contributed by atoms with van der Waals surface area (Å²) in [4.78, 5) is 16.5. The Morgan fingerprint density at radius 2 is 2.13 bits per heavy atom. The number of aromatic nitrogens is 1. The minimum Gasteiger partial charge on any atom is -0.507 e. The van der Waals surface area contributed by atoms with E-state index in [1.54, 1.807) is 26.0 Å². The molecule has 124 valence electrons. The van der Waals surface area contributed by atoms with E-state index < -0.39 is 5.97 Å². The van der Waals surface area contributed by atoms with E-state index in [0.29, 0.717) is 27.7 Å². The molecule has 1 aromatic heterocycles. The lowest BCUT2D eigenvalue weighted by Crippen LogP contribution is -2.03. The van der Waals surface area contributed by atoms with E-state index in [-0.39, 0.29) is 23.7 Å². The lowest BCUT2D eigenvalue weighted by atomic mass is 10.1. The molecule has 7 nitrogen and oxygen atoms in total. The second-order valence-corrected chi connectivity index (χ2v) is 5.00. The van der Waals surface area contributed by atoms with Crippen LogP contribution in [0.2, 0.25) is 0 Å². The summed E-state index contributed by atoms with van der Waals surface area (Å²) >= 11 is 1.21. The zero-order valence-electron chi connectivity index (χ0n) is 12.4. The van der Waals surface area contributed by atoms with Gasteiger partial charge in [-0.05, 0) is 32.0 Å². The Morgan fingerprint density at radius 3 is 2.70 bits per heavy atom. The van der Waals surface area contributed by atoms with E-state index >= 15 is 0 Å². The molecule has 4 N–H and O–H groups in total. The highest BCUT2D eigenvalue weighted by Gasteiger charge is 2.17. The number of esters is 1. The molecule has 0 amide bonds. The number of aromatic hydroxyl groups is 1. The van der Waals surface area contributed by atoms with Crippen molar-refractivity contribution in [1.82, 2.24) is 4.98 Å². The standard InChI is InChI=1S/C14H12N2O3S.ClH.H3NO/c1-3-19-14(18)12-8(2)16-13(20-12)9-4-5-11(17)10(6-9)7-15;;1-2/h4-6,17H,3H2,1-2H3;1H;2H,1H2. The van der Waals surface area contributed by atoms with Crippen molar-refractivity contribution < 1.29 is 19.8 Å². The minimum absolute atomic E-state index is 0. The number of hydrogen-bond donors (Lipinski definition) is 3. The molecule has 0 unspecified atom stereocenters. The highest BCUT2D eigenvalue weighted by molar-refractivity contribution is 7.17. The summed E-state index contributed by atoms with van der Waals surface area (Å²) in [6.07, 6.45) is 0. The van der Waals surface area contributed by atoms with Gasteiger partial charge < -0.3 is 15.1 Å². The van der Waals surface area contributed by atoms with Gasteiger partial charge in [0.15, 0.2) is 0 Å². The SMILES string of the molecule is CCOC(=O)c1sc(-c2ccc(O)c(C#N)c2)nc1C.Cl.NO. The van der Waals surface area contributed by atoms with Crippen LogP contribution in [0.3, 0.4) is 0 Å². The molecule has 0 saturated carbocycles. The van der Waals surface area contributed by atoms with Gasteiger partial charge in [0.05, 0.1) is 17.9 Å². The lowest BCUT2D eigenvalue weighted by Gasteiger charge is -1.99. The van der Waals surface area contributed by atoms with Crippen molar-refractivity contribution in [2.75, 3.05) is 6.61 Å². The molecule has 0 spiro atoms. The topological polar surface area (TPSA) is 129 Å². The number of phenolic OH excluding ortho intramolecular Hbond substituents is 1. The van der Waals surface area contributed by atoms with Crippen molar-refractivity contribution in [1.29, 1.82) is 5.26 Å². The first-order chi connectivity index (χ1) is 10.6. The van der Waals surface area contributed by atoms with Crippen LogP contribution in [0, 0.1) is 18.3 Å². The Bertz CT molecular complexity index is 713. The smallest absolute Gasteiger partial charge is 0.350 e. The van der Waals surface area contributed by atoms with Gasteiger partial charge in [-0.25, -0.2) is 15.7 Å². The van der Waals surface area contributed by atoms with Gasteiger partial charge in [0, 0.05) is 5.56 Å². The molecule has 0 radical (unpaired) electrons. The molecule has 0 bridgehead atoms. The second kappa shape index (κ2) is 9.76. The van der Waals surface area contributed by atoms with Gasteiger partial charge in [-0.2, -0.15) is 5.26 Å². The summed E-state index contributed by atoms with van der Waals surface area (Å²) in [5.41, 5.74) is 1.45. The first-order valence-corrected chi connectivity index (χ1v) is 7.02. The second-order valence-electron chi connectivity index (χ2n) is 4.00. The summed E-state index contributed by atoms with van der Waals surface area (Å²) in [7, 11) is 0. The van der Waals surface area contributed by atoms with Crippen molar-refractivity contribution in [3.05, 3.63) is 34.3 Å². The number of benzene rings is 1. The number of ether oxygens (including phenoxy) is 1. The Labute approximate surface area is 143 Å². The molecule has 0 saturated heterocycles. The number of halogens is 1. The summed E-state index contributed by atoms with van der Waals surface area (Å²) < 4.78 is 4.96. The molecular formula is C14H16ClN3O4S. The molecule has 1 aromatic carbocycles. The quantitative estimate of drug-likeness (QED) is 0.568. The normalized spacial score (nSPS) is 9.00. The third kappa shape index (κ3) is 4.91. The predicted octanol–water partition coefficient (Wildman–Crippen LogP) is 2.63. The van der Waals surface area contributed by atoms with Crippen LogP contribution in [0.5, 0.6) is 5.75 Å². The van der Waals surface area contributed by atoms with Crippen molar-refractivity contribution in [2.45, 2.75) is 13.8 Å². The number of carbonyl (C=O) groups is 1. The summed E-state index contributed by atoms with van der Waals surface area (Å²) in [5.74, 6) is 3.03. The molecule has 0 atom stereocenters. The molecule has 0 aliphatic heterocycles. The van der Waals surface area contributed by atoms with Crippen molar-refractivity contribution in [3.8, 4) is 22.4 Å². The Balaban J connectivity index is 0.00000155. The van der Waals surface area contributed by atoms with E-state index in [1.165, 1.54) is 17.4 Å². The van der Waals surface area contributed by atoms with Gasteiger partial charge in [-0.15, -0.1) is 23.7 Å². The third-order valence-corrected chi connectivity index (χ3v) is 3.81. The highest BCUT2D eigenvalue weighted by Crippen LogP contribution is 2.31. The van der Waals surface area contributed by atoms with Gasteiger partial charge in [0.2, 0.25) is 0 Å². The highest BCUT2D eigenvalue weighted by atomic mass is 35.5. The van der Waals surface area contributed by atoms with E-state index in [1.807, 2.05) is 6.07 Å². The van der Waals surface area contributed by atoms with Crippen LogP contribution in [-0.4, -0.2) is 27.9 Å². The average molecular weight is 358 g/mol. The molecule has 2 aromatic rings. The Kier molecular flexibility index (Phi) is 8.83. The maximum atomic E-state index is 11.7. The zero-order chi connectivity index (χ0) is 16.7. The van der Waals surface area contributed by atoms with Gasteiger partial charge in [0.1, 0.15) is 21.7 Å². The monoisotopic (exact) mass is 357 g/mol. The molecule has 9 heteroatoms. The summed E-state index contributed by atoms with van der Waals surface area (Å²) in [5, 5.41) is 25.5.